The van der Waals surface area contributed by atoms with Crippen molar-refractivity contribution in [3.8, 4) is 0 Å². The molecule has 0 saturated heterocycles. The van der Waals surface area contributed by atoms with Crippen molar-refractivity contribution in [3.63, 3.8) is 0 Å². The van der Waals surface area contributed by atoms with E-state index in [4.69, 9.17) is 32.2 Å². The number of hydrogen-bond donors (Lipinski definition) is 0. The van der Waals surface area contributed by atoms with Crippen LogP contribution in [0.4, 0.5) is 0 Å². The average molecular weight is 366 g/mol. The summed E-state index contributed by atoms with van der Waals surface area (Å²) >= 11 is 0. The Hall–Kier alpha value is -0.813. The Kier molecular flexibility index (Phi) is 14.0. The highest BCUT2D eigenvalue weighted by Gasteiger charge is 2.37. The minimum atomic E-state index is -2.55. The van der Waals surface area contributed by atoms with Gasteiger partial charge in [-0.3, -0.25) is 0 Å². The van der Waals surface area contributed by atoms with Gasteiger partial charge in [0.15, 0.2) is 0 Å². The molecule has 0 rings (SSSR count). The summed E-state index contributed by atoms with van der Waals surface area (Å²) in [5.74, 6) is -0.408. The fraction of sp³-hybridized carbons (Fsp3) is 0.800. The van der Waals surface area contributed by atoms with Crippen LogP contribution < -0.4 is 0 Å². The Labute approximate surface area is 145 Å². The zero-order valence-electron chi connectivity index (χ0n) is 15.1. The lowest BCUT2D eigenvalue weighted by atomic mass is 10.4. The van der Waals surface area contributed by atoms with Gasteiger partial charge in [0.25, 0.3) is 0 Å². The number of carbonyl (C=O) groups excluding carboxylic acids is 1. The van der Waals surface area contributed by atoms with Crippen LogP contribution in [0.2, 0.25) is 6.04 Å². The van der Waals surface area contributed by atoms with Crippen LogP contribution in [0.15, 0.2) is 12.2 Å². The lowest BCUT2D eigenvalue weighted by Gasteiger charge is -2.24. The van der Waals surface area contributed by atoms with Crippen molar-refractivity contribution in [2.45, 2.75) is 13.0 Å². The number of carbonyl (C=O) groups is 1. The fourth-order valence-electron chi connectivity index (χ4n) is 1.61. The first kappa shape index (κ1) is 23.2. The Morgan fingerprint density at radius 2 is 1.21 bits per heavy atom. The molecule has 0 radical (unpaired) electrons. The van der Waals surface area contributed by atoms with Crippen LogP contribution in [-0.4, -0.2) is 82.4 Å². The Bertz CT molecular complexity index is 338. The molecule has 0 heterocycles. The second-order valence-corrected chi connectivity index (χ2v) is 7.89. The zero-order valence-corrected chi connectivity index (χ0v) is 16.1. The van der Waals surface area contributed by atoms with Crippen LogP contribution in [0.25, 0.3) is 0 Å². The van der Waals surface area contributed by atoms with Gasteiger partial charge in [-0.2, -0.15) is 0 Å². The molecule has 0 spiro atoms. The average Bonchev–Trinajstić information content (AvgIpc) is 2.59. The smallest absolute Gasteiger partial charge is 0.460 e. The molecule has 0 unspecified atom stereocenters. The molecule has 0 amide bonds. The van der Waals surface area contributed by atoms with Crippen molar-refractivity contribution in [1.29, 1.82) is 0 Å². The van der Waals surface area contributed by atoms with E-state index >= 15 is 0 Å². The van der Waals surface area contributed by atoms with Crippen LogP contribution in [0.3, 0.4) is 0 Å². The monoisotopic (exact) mass is 366 g/mol. The first-order chi connectivity index (χ1) is 11.5. The largest absolute Gasteiger partial charge is 0.502 e. The minimum absolute atomic E-state index is 0.207. The van der Waals surface area contributed by atoms with E-state index in [2.05, 4.69) is 6.58 Å². The topological polar surface area (TPSA) is 81.7 Å². The highest BCUT2D eigenvalue weighted by Crippen LogP contribution is 2.12. The molecule has 8 nitrogen and oxygen atoms in total. The van der Waals surface area contributed by atoms with Crippen LogP contribution >= 0.6 is 0 Å². The summed E-state index contributed by atoms with van der Waals surface area (Å²) in [7, 11) is 2.16. The molecule has 0 saturated carbocycles. The highest BCUT2D eigenvalue weighted by molar-refractivity contribution is 6.60. The van der Waals surface area contributed by atoms with Crippen molar-refractivity contribution >= 4 is 14.8 Å². The van der Waals surface area contributed by atoms with Gasteiger partial charge in [0.1, 0.15) is 6.61 Å². The molecule has 24 heavy (non-hydrogen) atoms. The maximum absolute atomic E-state index is 11.1. The van der Waals surface area contributed by atoms with E-state index in [1.165, 1.54) is 0 Å². The third-order valence-electron chi connectivity index (χ3n) is 3.04. The molecule has 0 aliphatic rings. The normalized spacial score (nSPS) is 11.5. The summed E-state index contributed by atoms with van der Waals surface area (Å²) < 4.78 is 36.8. The van der Waals surface area contributed by atoms with Gasteiger partial charge in [0.05, 0.1) is 39.6 Å². The quantitative estimate of drug-likeness (QED) is 0.173. The molecular weight excluding hydrogens is 336 g/mol. The van der Waals surface area contributed by atoms with Crippen LogP contribution in [0.1, 0.15) is 6.92 Å². The van der Waals surface area contributed by atoms with Crippen LogP contribution in [0.5, 0.6) is 0 Å². The molecule has 0 aliphatic carbocycles. The summed E-state index contributed by atoms with van der Waals surface area (Å²) in [4.78, 5) is 11.1. The molecule has 142 valence electrons. The number of esters is 1. The molecule has 0 aromatic carbocycles. The predicted octanol–water partition coefficient (Wildman–Crippen LogP) is 1.03. The summed E-state index contributed by atoms with van der Waals surface area (Å²) in [6, 6.07) is 0.586. The molecule has 0 atom stereocenters. The van der Waals surface area contributed by atoms with Gasteiger partial charge in [-0.25, -0.2) is 4.79 Å². The molecule has 0 fully saturated rings. The van der Waals surface area contributed by atoms with E-state index in [0.717, 1.165) is 0 Å². The summed E-state index contributed by atoms with van der Waals surface area (Å²) in [5.41, 5.74) is 0.375. The van der Waals surface area contributed by atoms with Crippen molar-refractivity contribution < 1.29 is 37.0 Å². The Balaban J connectivity index is 3.37. The number of hydrogen-bond acceptors (Lipinski definition) is 8. The van der Waals surface area contributed by atoms with Gasteiger partial charge in [0.2, 0.25) is 0 Å². The summed E-state index contributed by atoms with van der Waals surface area (Å²) in [5, 5.41) is 0. The maximum atomic E-state index is 11.1. The third kappa shape index (κ3) is 10.9. The van der Waals surface area contributed by atoms with E-state index in [0.29, 0.717) is 51.3 Å². The fourth-order valence-corrected chi connectivity index (χ4v) is 3.12. The van der Waals surface area contributed by atoms with Gasteiger partial charge in [-0.15, -0.1) is 0 Å². The maximum Gasteiger partial charge on any atom is 0.502 e. The zero-order chi connectivity index (χ0) is 18.3. The Morgan fingerprint density at radius 3 is 1.62 bits per heavy atom. The first-order valence-corrected chi connectivity index (χ1v) is 9.66. The van der Waals surface area contributed by atoms with Crippen molar-refractivity contribution in [1.82, 2.24) is 0 Å². The van der Waals surface area contributed by atoms with Gasteiger partial charge < -0.3 is 32.2 Å². The third-order valence-corrected chi connectivity index (χ3v) is 5.72. The molecule has 0 aromatic rings. The molecule has 9 heteroatoms. The Morgan fingerprint density at radius 1 is 0.792 bits per heavy atom. The standard InChI is InChI=1S/C15H30O8Si/c1-14(2)15(16)23-11-10-21-7-6-20-8-9-22-12-13-24(17-3,18-4)19-5/h1,6-13H2,2-5H3. The predicted molar refractivity (Wildman–Crippen MR) is 89.8 cm³/mol. The van der Waals surface area contributed by atoms with Crippen molar-refractivity contribution in [2.75, 3.05) is 67.6 Å². The van der Waals surface area contributed by atoms with Gasteiger partial charge >= 0.3 is 14.8 Å². The van der Waals surface area contributed by atoms with Crippen molar-refractivity contribution in [2.24, 2.45) is 0 Å². The first-order valence-electron chi connectivity index (χ1n) is 7.72. The molecule has 0 N–H and O–H groups in total. The second-order valence-electron chi connectivity index (χ2n) is 4.80. The summed E-state index contributed by atoms with van der Waals surface area (Å²) in [6.45, 7) is 7.92. The molecule has 0 aliphatic heterocycles. The summed E-state index contributed by atoms with van der Waals surface area (Å²) in [6.07, 6.45) is 0. The lowest BCUT2D eigenvalue weighted by Crippen LogP contribution is -2.43. The second kappa shape index (κ2) is 14.5. The highest BCUT2D eigenvalue weighted by atomic mass is 28.4. The molecule has 0 aromatic heterocycles. The van der Waals surface area contributed by atoms with Gasteiger partial charge in [-0.05, 0) is 6.92 Å². The number of rotatable bonds is 16. The van der Waals surface area contributed by atoms with Crippen molar-refractivity contribution in [3.05, 3.63) is 12.2 Å². The molecular formula is C15H30O8Si. The van der Waals surface area contributed by atoms with E-state index in [9.17, 15) is 4.79 Å². The van der Waals surface area contributed by atoms with E-state index in [1.807, 2.05) is 0 Å². The van der Waals surface area contributed by atoms with E-state index < -0.39 is 14.8 Å². The number of ether oxygens (including phenoxy) is 4. The minimum Gasteiger partial charge on any atom is -0.460 e. The lowest BCUT2D eigenvalue weighted by molar-refractivity contribution is -0.140. The van der Waals surface area contributed by atoms with E-state index in [-0.39, 0.29) is 6.61 Å². The van der Waals surface area contributed by atoms with Crippen LogP contribution in [-0.2, 0) is 37.0 Å². The van der Waals surface area contributed by atoms with Gasteiger partial charge in [0, 0.05) is 32.9 Å². The SMILES string of the molecule is C=C(C)C(=O)OCCOCCOCCOCC[Si](OC)(OC)OC. The van der Waals surface area contributed by atoms with Crippen LogP contribution in [0, 0.1) is 0 Å². The van der Waals surface area contributed by atoms with Gasteiger partial charge in [-0.1, -0.05) is 6.58 Å². The van der Waals surface area contributed by atoms with E-state index in [1.54, 1.807) is 28.3 Å². The molecule has 0 bridgehead atoms.